The molecule has 1 aromatic carbocycles. The summed E-state index contributed by atoms with van der Waals surface area (Å²) in [7, 11) is 2.15. The Balaban J connectivity index is 2.32. The average molecular weight is 288 g/mol. The van der Waals surface area contributed by atoms with Crippen LogP contribution in [0.4, 0.5) is 0 Å². The molecule has 0 saturated carbocycles. The van der Waals surface area contributed by atoms with E-state index in [1.54, 1.807) is 0 Å². The van der Waals surface area contributed by atoms with Crippen molar-refractivity contribution in [1.82, 2.24) is 4.90 Å². The van der Waals surface area contributed by atoms with Gasteiger partial charge in [-0.3, -0.25) is 4.90 Å². The Morgan fingerprint density at radius 2 is 1.95 bits per heavy atom. The maximum atomic E-state index is 6.15. The molecule has 1 heterocycles. The molecule has 116 valence electrons. The number of rotatable bonds is 6. The van der Waals surface area contributed by atoms with E-state index < -0.39 is 0 Å². The largest absolute Gasteiger partial charge is 0.459 e. The number of furan rings is 1. The number of nitrogens with zero attached hydrogens (tertiary/aromatic N) is 1. The van der Waals surface area contributed by atoms with Crippen LogP contribution in [0.5, 0.6) is 0 Å². The van der Waals surface area contributed by atoms with Crippen molar-refractivity contribution in [2.45, 2.75) is 40.2 Å². The summed E-state index contributed by atoms with van der Waals surface area (Å²) in [5.74, 6) is 1.09. The molecule has 0 bridgehead atoms. The summed E-state index contributed by atoms with van der Waals surface area (Å²) in [6.45, 7) is 10.4. The van der Waals surface area contributed by atoms with Crippen LogP contribution >= 0.6 is 0 Å². The molecular formula is C18H28N2O. The van der Waals surface area contributed by atoms with Crippen LogP contribution in [0.25, 0.3) is 11.0 Å². The fourth-order valence-corrected chi connectivity index (χ4v) is 2.90. The Kier molecular flexibility index (Phi) is 4.74. The average Bonchev–Trinajstić information content (AvgIpc) is 2.84. The standard InChI is InChI=1S/C18H28N2O/c1-6-14-15-9-7-8-10-16(15)21-17(14)13(2)20(5)12-18(3,4)11-19/h7-10,13H,6,11-12,19H2,1-5H3. The molecule has 1 aromatic heterocycles. The van der Waals surface area contributed by atoms with E-state index >= 15 is 0 Å². The van der Waals surface area contributed by atoms with E-state index in [9.17, 15) is 0 Å². The molecule has 0 amide bonds. The van der Waals surface area contributed by atoms with Gasteiger partial charge in [-0.25, -0.2) is 0 Å². The number of hydrogen-bond donors (Lipinski definition) is 1. The topological polar surface area (TPSA) is 42.4 Å². The number of hydrogen-bond acceptors (Lipinski definition) is 3. The molecule has 1 atom stereocenters. The number of nitrogens with two attached hydrogens (primary N) is 1. The van der Waals surface area contributed by atoms with Crippen molar-refractivity contribution in [2.24, 2.45) is 11.1 Å². The van der Waals surface area contributed by atoms with Crippen LogP contribution in [-0.4, -0.2) is 25.0 Å². The minimum Gasteiger partial charge on any atom is -0.459 e. The van der Waals surface area contributed by atoms with Gasteiger partial charge in [0.05, 0.1) is 6.04 Å². The fraction of sp³-hybridized carbons (Fsp3) is 0.556. The molecule has 0 aliphatic heterocycles. The van der Waals surface area contributed by atoms with Gasteiger partial charge in [-0.05, 0) is 38.4 Å². The predicted molar refractivity (Wildman–Crippen MR) is 89.5 cm³/mol. The Morgan fingerprint density at radius 3 is 2.57 bits per heavy atom. The first kappa shape index (κ1) is 16.1. The van der Waals surface area contributed by atoms with E-state index in [4.69, 9.17) is 10.2 Å². The van der Waals surface area contributed by atoms with Gasteiger partial charge in [0.1, 0.15) is 11.3 Å². The van der Waals surface area contributed by atoms with Gasteiger partial charge >= 0.3 is 0 Å². The zero-order valence-electron chi connectivity index (χ0n) is 13.9. The third kappa shape index (κ3) is 3.30. The fourth-order valence-electron chi connectivity index (χ4n) is 2.90. The summed E-state index contributed by atoms with van der Waals surface area (Å²) >= 11 is 0. The molecule has 21 heavy (non-hydrogen) atoms. The first-order valence-electron chi connectivity index (χ1n) is 7.80. The van der Waals surface area contributed by atoms with Crippen LogP contribution < -0.4 is 5.73 Å². The maximum absolute atomic E-state index is 6.15. The van der Waals surface area contributed by atoms with Crippen molar-refractivity contribution in [3.05, 3.63) is 35.6 Å². The lowest BCUT2D eigenvalue weighted by Gasteiger charge is -2.32. The molecule has 2 aromatic rings. The highest BCUT2D eigenvalue weighted by Gasteiger charge is 2.25. The molecular weight excluding hydrogens is 260 g/mol. The summed E-state index contributed by atoms with van der Waals surface area (Å²) in [6.07, 6.45) is 0.991. The summed E-state index contributed by atoms with van der Waals surface area (Å²) in [6, 6.07) is 8.55. The smallest absolute Gasteiger partial charge is 0.134 e. The first-order chi connectivity index (χ1) is 9.89. The third-order valence-corrected chi connectivity index (χ3v) is 4.35. The molecule has 2 rings (SSSR count). The minimum atomic E-state index is 0.113. The van der Waals surface area contributed by atoms with E-state index in [-0.39, 0.29) is 11.5 Å². The highest BCUT2D eigenvalue weighted by Crippen LogP contribution is 2.33. The van der Waals surface area contributed by atoms with Gasteiger partial charge in [0.15, 0.2) is 0 Å². The lowest BCUT2D eigenvalue weighted by Crippen LogP contribution is -2.38. The molecule has 3 nitrogen and oxygen atoms in total. The van der Waals surface area contributed by atoms with Crippen molar-refractivity contribution in [3.63, 3.8) is 0 Å². The van der Waals surface area contributed by atoms with Gasteiger partial charge in [-0.1, -0.05) is 39.0 Å². The van der Waals surface area contributed by atoms with Crippen LogP contribution in [-0.2, 0) is 6.42 Å². The monoisotopic (exact) mass is 288 g/mol. The van der Waals surface area contributed by atoms with Crippen molar-refractivity contribution in [1.29, 1.82) is 0 Å². The quantitative estimate of drug-likeness (QED) is 0.874. The number of aryl methyl sites for hydroxylation is 1. The summed E-state index contributed by atoms with van der Waals surface area (Å²) in [4.78, 5) is 2.34. The van der Waals surface area contributed by atoms with E-state index in [0.29, 0.717) is 6.54 Å². The maximum Gasteiger partial charge on any atom is 0.134 e. The Bertz CT molecular complexity index is 600. The third-order valence-electron chi connectivity index (χ3n) is 4.35. The first-order valence-corrected chi connectivity index (χ1v) is 7.80. The number of benzene rings is 1. The van der Waals surface area contributed by atoms with E-state index in [1.807, 2.05) is 6.07 Å². The van der Waals surface area contributed by atoms with Crippen LogP contribution in [0, 0.1) is 5.41 Å². The molecule has 0 radical (unpaired) electrons. The summed E-state index contributed by atoms with van der Waals surface area (Å²) in [5, 5.41) is 1.24. The molecule has 0 saturated heterocycles. The Labute approximate surface area is 128 Å². The Hall–Kier alpha value is -1.32. The molecule has 3 heteroatoms. The van der Waals surface area contributed by atoms with Crippen LogP contribution in [0.2, 0.25) is 0 Å². The van der Waals surface area contributed by atoms with Crippen LogP contribution in [0.15, 0.2) is 28.7 Å². The lowest BCUT2D eigenvalue weighted by molar-refractivity contribution is 0.160. The van der Waals surface area contributed by atoms with Crippen LogP contribution in [0.3, 0.4) is 0 Å². The highest BCUT2D eigenvalue weighted by atomic mass is 16.3. The van der Waals surface area contributed by atoms with E-state index in [2.05, 4.69) is 57.8 Å². The second kappa shape index (κ2) is 6.20. The highest BCUT2D eigenvalue weighted by molar-refractivity contribution is 5.82. The number of fused-ring (bicyclic) bond motifs is 1. The molecule has 1 unspecified atom stereocenters. The second-order valence-electron chi connectivity index (χ2n) is 6.75. The summed E-state index contributed by atoms with van der Waals surface area (Å²) in [5.41, 5.74) is 8.29. The Morgan fingerprint density at radius 1 is 1.29 bits per heavy atom. The van der Waals surface area contributed by atoms with Gasteiger partial charge in [-0.15, -0.1) is 0 Å². The van der Waals surface area contributed by atoms with Crippen molar-refractivity contribution < 1.29 is 4.42 Å². The van der Waals surface area contributed by atoms with Crippen molar-refractivity contribution in [3.8, 4) is 0 Å². The van der Waals surface area contributed by atoms with E-state index in [1.165, 1.54) is 10.9 Å². The lowest BCUT2D eigenvalue weighted by atomic mass is 9.92. The van der Waals surface area contributed by atoms with Gasteiger partial charge in [0.2, 0.25) is 0 Å². The van der Waals surface area contributed by atoms with E-state index in [0.717, 1.165) is 24.3 Å². The van der Waals surface area contributed by atoms with Gasteiger partial charge < -0.3 is 10.2 Å². The molecule has 0 spiro atoms. The molecule has 2 N–H and O–H groups in total. The zero-order valence-corrected chi connectivity index (χ0v) is 13.9. The molecule has 0 aliphatic carbocycles. The van der Waals surface area contributed by atoms with Gasteiger partial charge in [0.25, 0.3) is 0 Å². The summed E-state index contributed by atoms with van der Waals surface area (Å²) < 4.78 is 6.15. The molecule has 0 fully saturated rings. The SMILES string of the molecule is CCc1c(C(C)N(C)CC(C)(C)CN)oc2ccccc12. The zero-order chi connectivity index (χ0) is 15.6. The number of para-hydroxylation sites is 1. The second-order valence-corrected chi connectivity index (χ2v) is 6.75. The van der Waals surface area contributed by atoms with Gasteiger partial charge in [0, 0.05) is 17.5 Å². The van der Waals surface area contributed by atoms with Gasteiger partial charge in [-0.2, -0.15) is 0 Å². The van der Waals surface area contributed by atoms with Crippen molar-refractivity contribution in [2.75, 3.05) is 20.1 Å². The van der Waals surface area contributed by atoms with Crippen LogP contribution in [0.1, 0.15) is 45.1 Å². The normalized spacial score (nSPS) is 14.0. The minimum absolute atomic E-state index is 0.113. The molecule has 0 aliphatic rings. The predicted octanol–water partition coefficient (Wildman–Crippen LogP) is 3.97. The van der Waals surface area contributed by atoms with Crippen molar-refractivity contribution >= 4 is 11.0 Å².